The summed E-state index contributed by atoms with van der Waals surface area (Å²) in [6.07, 6.45) is -30.9. The number of hydrogen-bond donors (Lipinski definition) is 14. The first-order valence-corrected chi connectivity index (χ1v) is 30.0. The first-order valence-electron chi connectivity index (χ1n) is 30.0. The lowest BCUT2D eigenvalue weighted by Crippen LogP contribution is -2.68. The van der Waals surface area contributed by atoms with Gasteiger partial charge in [-0.25, -0.2) is 0 Å². The number of ether oxygens (including phenoxy) is 10. The van der Waals surface area contributed by atoms with Gasteiger partial charge in [-0.2, -0.15) is 0 Å². The number of carbonyl (C=O) groups excluding carboxylic acids is 1. The first kappa shape index (κ1) is 64.8. The lowest BCUT2D eigenvalue weighted by atomic mass is 9.33. The van der Waals surface area contributed by atoms with E-state index in [0.29, 0.717) is 32.1 Å². The Morgan fingerprint density at radius 2 is 1.11 bits per heavy atom. The molecule has 0 bridgehead atoms. The molecular weight excluding hydrogens is 1110 g/mol. The van der Waals surface area contributed by atoms with Crippen molar-refractivity contribution in [3.05, 3.63) is 11.6 Å². The average molecular weight is 1210 g/mol. The van der Waals surface area contributed by atoms with Crippen LogP contribution in [0.3, 0.4) is 0 Å². The third-order valence-corrected chi connectivity index (χ3v) is 22.5. The van der Waals surface area contributed by atoms with Crippen molar-refractivity contribution in [3.8, 4) is 0 Å². The SMILES string of the molecule is C[C@@H]1O[C@@H](O[C@H]2[C@H](OC(=O)[C@]34CCC(C)(C)C[C@H]3C3=CC[C@@H]5[C@@]6(C)CC[C@H](O[C@@H]7O[C@H](CC(=O)O)[C@@H](O)[C@H](O[C@@H]8OC[C@@H](O)[C@H](O)[C@H]8O)[C@H]7O)C(C)(C)[C@@H]6CC[C@@]5(C)[C@]3(C)C[C@H]4O)OC[C@H](O)[C@@H]2O)[C@H](O)[C@H](O[C@@H]2OC[C@@H](O)[C@H](O)[C@H]2O)[C@H]1O. The van der Waals surface area contributed by atoms with Gasteiger partial charge in [0.2, 0.25) is 6.29 Å². The minimum atomic E-state index is -1.88. The van der Waals surface area contributed by atoms with Crippen LogP contribution in [-0.4, -0.2) is 251 Å². The van der Waals surface area contributed by atoms with Crippen molar-refractivity contribution in [2.24, 2.45) is 50.2 Å². The number of aliphatic hydroxyl groups excluding tert-OH is 13. The van der Waals surface area contributed by atoms with E-state index in [9.17, 15) is 76.3 Å². The smallest absolute Gasteiger partial charge is 0.317 e. The van der Waals surface area contributed by atoms with Gasteiger partial charge >= 0.3 is 11.9 Å². The molecular formula is C58H92O26. The lowest BCUT2D eigenvalue weighted by molar-refractivity contribution is -0.370. The summed E-state index contributed by atoms with van der Waals surface area (Å²) in [5, 5.41) is 153. The highest BCUT2D eigenvalue weighted by Crippen LogP contribution is 2.76. The fraction of sp³-hybridized carbons (Fsp3) is 0.931. The summed E-state index contributed by atoms with van der Waals surface area (Å²) in [7, 11) is 0. The van der Waals surface area contributed by atoms with Crippen molar-refractivity contribution < 1.29 is 128 Å². The minimum absolute atomic E-state index is 0.0256. The van der Waals surface area contributed by atoms with Crippen LogP contribution in [0.4, 0.5) is 0 Å². The Morgan fingerprint density at radius 1 is 0.560 bits per heavy atom. The van der Waals surface area contributed by atoms with E-state index >= 15 is 4.79 Å². The molecule has 0 aromatic rings. The summed E-state index contributed by atoms with van der Waals surface area (Å²) in [4.78, 5) is 27.5. The molecule has 0 aromatic heterocycles. The van der Waals surface area contributed by atoms with Crippen molar-refractivity contribution in [1.82, 2.24) is 0 Å². The number of aliphatic carboxylic acids is 1. The van der Waals surface area contributed by atoms with Crippen molar-refractivity contribution in [3.63, 3.8) is 0 Å². The van der Waals surface area contributed by atoms with Crippen molar-refractivity contribution >= 4 is 11.9 Å². The quantitative estimate of drug-likeness (QED) is 0.0582. The normalized spacial score (nSPS) is 53.7. The van der Waals surface area contributed by atoms with Gasteiger partial charge in [0.05, 0.1) is 50.7 Å². The number of carboxylic acids is 1. The van der Waals surface area contributed by atoms with Crippen LogP contribution in [0.1, 0.15) is 120 Å². The molecule has 0 unspecified atom stereocenters. The number of rotatable bonds is 12. The van der Waals surface area contributed by atoms with Gasteiger partial charge in [-0.1, -0.05) is 60.1 Å². The highest BCUT2D eigenvalue weighted by Gasteiger charge is 2.72. The Hall–Kier alpha value is -2.20. The van der Waals surface area contributed by atoms with Gasteiger partial charge in [0.15, 0.2) is 31.3 Å². The monoisotopic (exact) mass is 1200 g/mol. The van der Waals surface area contributed by atoms with Gasteiger partial charge in [-0.15, -0.1) is 0 Å². The van der Waals surface area contributed by atoms with E-state index < -0.39 is 213 Å². The second-order valence-electron chi connectivity index (χ2n) is 28.2. The predicted octanol–water partition coefficient (Wildman–Crippen LogP) is -1.81. The Morgan fingerprint density at radius 3 is 1.70 bits per heavy atom. The van der Waals surface area contributed by atoms with Crippen molar-refractivity contribution in [2.75, 3.05) is 19.8 Å². The molecule has 26 heteroatoms. The van der Waals surface area contributed by atoms with Gasteiger partial charge in [-0.3, -0.25) is 9.59 Å². The zero-order valence-electron chi connectivity index (χ0n) is 49.0. The first-order chi connectivity index (χ1) is 39.2. The van der Waals surface area contributed by atoms with E-state index in [0.717, 1.165) is 18.4 Å². The zero-order valence-corrected chi connectivity index (χ0v) is 49.0. The van der Waals surface area contributed by atoms with Crippen molar-refractivity contribution in [1.29, 1.82) is 0 Å². The van der Waals surface area contributed by atoms with Gasteiger partial charge in [0.25, 0.3) is 0 Å². The summed E-state index contributed by atoms with van der Waals surface area (Å²) < 4.78 is 59.4. The molecule has 9 fully saturated rings. The summed E-state index contributed by atoms with van der Waals surface area (Å²) in [6.45, 7) is 15.4. The van der Waals surface area contributed by atoms with Gasteiger partial charge in [0, 0.05) is 0 Å². The Balaban J connectivity index is 0.877. The van der Waals surface area contributed by atoms with Crippen LogP contribution in [0.2, 0.25) is 0 Å². The third kappa shape index (κ3) is 10.8. The van der Waals surface area contributed by atoms with Crippen LogP contribution >= 0.6 is 0 Å². The fourth-order valence-electron chi connectivity index (χ4n) is 17.4. The molecule has 5 saturated heterocycles. The maximum atomic E-state index is 15.4. The third-order valence-electron chi connectivity index (χ3n) is 22.5. The molecule has 14 N–H and O–H groups in total. The Labute approximate surface area is 487 Å². The van der Waals surface area contributed by atoms with E-state index in [1.807, 2.05) is 0 Å². The van der Waals surface area contributed by atoms with Crippen LogP contribution in [0.15, 0.2) is 11.6 Å². The molecule has 5 aliphatic carbocycles. The molecule has 5 aliphatic heterocycles. The molecule has 26 nitrogen and oxygen atoms in total. The second kappa shape index (κ2) is 23.6. The summed E-state index contributed by atoms with van der Waals surface area (Å²) >= 11 is 0. The second-order valence-corrected chi connectivity index (χ2v) is 28.2. The molecule has 0 radical (unpaired) electrons. The molecule has 0 spiro atoms. The predicted molar refractivity (Wildman–Crippen MR) is 283 cm³/mol. The molecule has 0 amide bonds. The highest BCUT2D eigenvalue weighted by molar-refractivity contribution is 5.80. The van der Waals surface area contributed by atoms with Crippen LogP contribution in [0.5, 0.6) is 0 Å². The number of hydrogen-bond acceptors (Lipinski definition) is 25. The van der Waals surface area contributed by atoms with Gasteiger partial charge in [-0.05, 0) is 110 Å². The van der Waals surface area contributed by atoms with Crippen molar-refractivity contribution in [2.45, 2.75) is 267 Å². The van der Waals surface area contributed by atoms with E-state index in [1.165, 1.54) is 6.92 Å². The molecule has 0 aromatic carbocycles. The van der Waals surface area contributed by atoms with E-state index in [1.54, 1.807) is 0 Å². The molecule has 5 heterocycles. The number of allylic oxidation sites excluding steroid dienone is 2. The van der Waals surface area contributed by atoms with Crippen LogP contribution in [0, 0.1) is 50.2 Å². The topological polar surface area (TPSA) is 410 Å². The zero-order chi connectivity index (χ0) is 61.3. The molecule has 4 saturated carbocycles. The van der Waals surface area contributed by atoms with Crippen LogP contribution in [-0.2, 0) is 57.0 Å². The molecule has 10 aliphatic rings. The minimum Gasteiger partial charge on any atom is -0.481 e. The summed E-state index contributed by atoms with van der Waals surface area (Å²) in [5.74, 6) is -2.53. The van der Waals surface area contributed by atoms with Crippen LogP contribution < -0.4 is 0 Å². The molecule has 31 atom stereocenters. The standard InChI is InChI=1S/C58H92O26/c1-23-35(65)44(81-47-40(70)36(66)26(59)20-75-47)42(72)49(78-23)83-46-38(68)28(61)22-77-51(46)84-52(74)58-16-15-53(2,3)18-25(58)24-9-10-31-55(6)13-12-33(54(4,5)30(55)11-14-56(31,7)57(24,8)19-32(58)62)80-50-43(73)45(39(69)29(79-50)17-34(63)64)82-48-41(71)37(67)27(60)21-76-48/h9,23,25-33,35-51,59-62,65-73H,10-22H2,1-8H3,(H,63,64)/t23-,25-,26+,27+,28-,29+,30-,31+,32+,33-,35-,36-,37-,38-,39+,40+,41+,42+,43+,44+,45-,46+,47-,48-,49-,50-,51-,55-,56+,57+,58+/m0/s1. The van der Waals surface area contributed by atoms with E-state index in [-0.39, 0.29) is 35.5 Å². The molecule has 480 valence electrons. The summed E-state index contributed by atoms with van der Waals surface area (Å²) in [5.41, 5.74) is -2.70. The number of carboxylic acid groups (broad SMARTS) is 1. The number of fused-ring (bicyclic) bond motifs is 7. The fourth-order valence-corrected chi connectivity index (χ4v) is 17.4. The molecule has 84 heavy (non-hydrogen) atoms. The lowest BCUT2D eigenvalue weighted by Gasteiger charge is -2.71. The maximum Gasteiger partial charge on any atom is 0.317 e. The van der Waals surface area contributed by atoms with Gasteiger partial charge < -0.3 is 119 Å². The average Bonchev–Trinajstić information content (AvgIpc) is 0.709. The molecule has 10 rings (SSSR count). The number of aliphatic hydroxyl groups is 13. The Kier molecular flexibility index (Phi) is 18.2. The number of carbonyl (C=O) groups is 2. The highest BCUT2D eigenvalue weighted by atomic mass is 16.8. The van der Waals surface area contributed by atoms with Crippen LogP contribution in [0.25, 0.3) is 0 Å². The number of esters is 1. The maximum absolute atomic E-state index is 15.4. The van der Waals surface area contributed by atoms with E-state index in [2.05, 4.69) is 54.5 Å². The largest absolute Gasteiger partial charge is 0.481 e. The van der Waals surface area contributed by atoms with E-state index in [4.69, 9.17) is 47.4 Å². The Bertz CT molecular complexity index is 2400. The van der Waals surface area contributed by atoms with Gasteiger partial charge in [0.1, 0.15) is 90.9 Å². The summed E-state index contributed by atoms with van der Waals surface area (Å²) in [6, 6.07) is 0.